The fourth-order valence-electron chi connectivity index (χ4n) is 2.18. The summed E-state index contributed by atoms with van der Waals surface area (Å²) in [6.07, 6.45) is -2.48. The van der Waals surface area contributed by atoms with E-state index in [9.17, 15) is 13.2 Å². The number of piperidine rings is 1. The fourth-order valence-corrected chi connectivity index (χ4v) is 2.52. The van der Waals surface area contributed by atoms with Crippen molar-refractivity contribution in [2.45, 2.75) is 19.0 Å². The van der Waals surface area contributed by atoms with Crippen molar-refractivity contribution in [3.05, 3.63) is 22.3 Å². The van der Waals surface area contributed by atoms with Crippen LogP contribution in [0.25, 0.3) is 0 Å². The minimum atomic E-state index is -4.13. The van der Waals surface area contributed by atoms with E-state index in [2.05, 4.69) is 20.9 Å². The van der Waals surface area contributed by atoms with Gasteiger partial charge in [-0.1, -0.05) is 0 Å². The fraction of sp³-hybridized carbons (Fsp3) is 0.500. The van der Waals surface area contributed by atoms with Crippen molar-refractivity contribution >= 4 is 21.7 Å². The number of aromatic nitrogens is 1. The average Bonchev–Trinajstić information content (AvgIpc) is 2.37. The van der Waals surface area contributed by atoms with Gasteiger partial charge in [0.15, 0.2) is 0 Å². The first kappa shape index (κ1) is 14.1. The van der Waals surface area contributed by atoms with Crippen LogP contribution in [0.3, 0.4) is 0 Å². The van der Waals surface area contributed by atoms with E-state index in [0.29, 0.717) is 15.9 Å². The molecule has 1 saturated heterocycles. The van der Waals surface area contributed by atoms with Crippen LogP contribution in [-0.2, 0) is 0 Å². The average molecular weight is 334 g/mol. The molecule has 0 aliphatic carbocycles. The lowest BCUT2D eigenvalue weighted by Crippen LogP contribution is -2.39. The molecule has 0 atom stereocenters. The van der Waals surface area contributed by atoms with Crippen LogP contribution in [0.15, 0.2) is 16.7 Å². The molecule has 0 amide bonds. The molecule has 2 rings (SSSR count). The molecule has 0 unspecified atom stereocenters. The minimum absolute atomic E-state index is 0.0477. The zero-order valence-electron chi connectivity index (χ0n) is 9.91. The zero-order valence-corrected chi connectivity index (χ0v) is 11.5. The number of pyridine rings is 1. The van der Waals surface area contributed by atoms with Crippen LogP contribution in [0.5, 0.6) is 0 Å². The Bertz CT molecular complexity index is 502. The summed E-state index contributed by atoms with van der Waals surface area (Å²) in [5, 5.41) is 9.04. The second-order valence-corrected chi connectivity index (χ2v) is 5.36. The summed E-state index contributed by atoms with van der Waals surface area (Å²) in [7, 11) is 0. The van der Waals surface area contributed by atoms with Gasteiger partial charge in [0.2, 0.25) is 0 Å². The summed E-state index contributed by atoms with van der Waals surface area (Å²) >= 11 is 3.22. The van der Waals surface area contributed by atoms with E-state index in [-0.39, 0.29) is 25.9 Å². The number of nitrogens with zero attached hydrogens (tertiary/aromatic N) is 3. The van der Waals surface area contributed by atoms with Gasteiger partial charge >= 0.3 is 6.18 Å². The first-order valence-electron chi connectivity index (χ1n) is 5.79. The van der Waals surface area contributed by atoms with E-state index in [1.807, 2.05) is 6.07 Å². The molecule has 0 spiro atoms. The van der Waals surface area contributed by atoms with E-state index >= 15 is 0 Å². The van der Waals surface area contributed by atoms with Gasteiger partial charge in [-0.2, -0.15) is 18.4 Å². The molecule has 19 heavy (non-hydrogen) atoms. The molecule has 0 bridgehead atoms. The van der Waals surface area contributed by atoms with Crippen LogP contribution < -0.4 is 4.90 Å². The molecule has 3 nitrogen and oxygen atoms in total. The van der Waals surface area contributed by atoms with Gasteiger partial charge in [-0.15, -0.1) is 0 Å². The molecule has 0 aromatic carbocycles. The number of anilines is 1. The molecule has 1 aromatic heterocycles. The number of nitriles is 1. The van der Waals surface area contributed by atoms with Crippen molar-refractivity contribution in [3.63, 3.8) is 0 Å². The third-order valence-corrected chi connectivity index (χ3v) is 3.64. The normalized spacial score (nSPS) is 17.3. The third-order valence-electron chi connectivity index (χ3n) is 3.21. The molecule has 0 radical (unpaired) electrons. The first-order valence-corrected chi connectivity index (χ1v) is 6.58. The number of rotatable bonds is 1. The molecular weight excluding hydrogens is 323 g/mol. The second kappa shape index (κ2) is 5.37. The van der Waals surface area contributed by atoms with Crippen LogP contribution in [0.1, 0.15) is 18.4 Å². The third kappa shape index (κ3) is 3.18. The Hall–Kier alpha value is -1.29. The van der Waals surface area contributed by atoms with Crippen molar-refractivity contribution in [2.75, 3.05) is 18.0 Å². The van der Waals surface area contributed by atoms with Gasteiger partial charge in [0, 0.05) is 23.8 Å². The van der Waals surface area contributed by atoms with Crippen LogP contribution in [0.2, 0.25) is 0 Å². The number of hydrogen-bond donors (Lipinski definition) is 0. The highest BCUT2D eigenvalue weighted by Crippen LogP contribution is 2.35. The Kier molecular flexibility index (Phi) is 3.99. The molecule has 1 fully saturated rings. The van der Waals surface area contributed by atoms with Gasteiger partial charge in [0.1, 0.15) is 11.9 Å². The van der Waals surface area contributed by atoms with Gasteiger partial charge in [0.25, 0.3) is 0 Å². The van der Waals surface area contributed by atoms with Crippen molar-refractivity contribution in [1.82, 2.24) is 4.98 Å². The molecule has 0 N–H and O–H groups in total. The lowest BCUT2D eigenvalue weighted by molar-refractivity contribution is -0.179. The maximum absolute atomic E-state index is 12.6. The van der Waals surface area contributed by atoms with Gasteiger partial charge in [0.05, 0.1) is 11.5 Å². The maximum atomic E-state index is 12.6. The van der Waals surface area contributed by atoms with E-state index in [0.717, 1.165) is 0 Å². The molecule has 102 valence electrons. The molecule has 1 aromatic rings. The second-order valence-electron chi connectivity index (χ2n) is 4.44. The van der Waals surface area contributed by atoms with Crippen LogP contribution >= 0.6 is 15.9 Å². The topological polar surface area (TPSA) is 39.9 Å². The predicted molar refractivity (Wildman–Crippen MR) is 67.6 cm³/mol. The lowest BCUT2D eigenvalue weighted by atomic mass is 9.96. The van der Waals surface area contributed by atoms with E-state index in [4.69, 9.17) is 5.26 Å². The molecule has 1 aliphatic rings. The Morgan fingerprint density at radius 1 is 1.37 bits per heavy atom. The summed E-state index contributed by atoms with van der Waals surface area (Å²) in [5.74, 6) is -0.781. The van der Waals surface area contributed by atoms with Crippen LogP contribution in [0.4, 0.5) is 19.0 Å². The van der Waals surface area contributed by atoms with Gasteiger partial charge in [-0.3, -0.25) is 0 Å². The van der Waals surface area contributed by atoms with E-state index in [1.54, 1.807) is 17.2 Å². The Morgan fingerprint density at radius 3 is 2.53 bits per heavy atom. The lowest BCUT2D eigenvalue weighted by Gasteiger charge is -2.33. The van der Waals surface area contributed by atoms with Crippen molar-refractivity contribution in [2.24, 2.45) is 5.92 Å². The number of halogens is 4. The molecular formula is C12H11BrF3N3. The zero-order chi connectivity index (χ0) is 14.0. The molecule has 2 heterocycles. The SMILES string of the molecule is N#Cc1cc(Br)cnc1N1CCC(C(F)(F)F)CC1. The monoisotopic (exact) mass is 333 g/mol. The quantitative estimate of drug-likeness (QED) is 0.789. The van der Waals surface area contributed by atoms with Crippen LogP contribution in [0, 0.1) is 17.2 Å². The van der Waals surface area contributed by atoms with E-state index in [1.165, 1.54) is 0 Å². The van der Waals surface area contributed by atoms with Gasteiger partial charge in [-0.25, -0.2) is 4.98 Å². The highest BCUT2D eigenvalue weighted by Gasteiger charge is 2.41. The summed E-state index contributed by atoms with van der Waals surface area (Å²) in [6.45, 7) is 0.543. The Morgan fingerprint density at radius 2 is 2.00 bits per heavy atom. The Labute approximate surface area is 117 Å². The van der Waals surface area contributed by atoms with Crippen molar-refractivity contribution in [3.8, 4) is 6.07 Å². The van der Waals surface area contributed by atoms with Gasteiger partial charge in [-0.05, 0) is 34.8 Å². The highest BCUT2D eigenvalue weighted by atomic mass is 79.9. The molecule has 0 saturated carbocycles. The molecule has 7 heteroatoms. The number of hydrogen-bond acceptors (Lipinski definition) is 3. The Balaban J connectivity index is 2.12. The summed E-state index contributed by atoms with van der Waals surface area (Å²) in [6, 6.07) is 3.64. The van der Waals surface area contributed by atoms with Crippen LogP contribution in [-0.4, -0.2) is 24.2 Å². The first-order chi connectivity index (χ1) is 8.91. The van der Waals surface area contributed by atoms with Crippen molar-refractivity contribution < 1.29 is 13.2 Å². The van der Waals surface area contributed by atoms with Crippen molar-refractivity contribution in [1.29, 1.82) is 5.26 Å². The largest absolute Gasteiger partial charge is 0.391 e. The van der Waals surface area contributed by atoms with Gasteiger partial charge < -0.3 is 4.90 Å². The predicted octanol–water partition coefficient (Wildman–Crippen LogP) is 3.49. The smallest absolute Gasteiger partial charge is 0.355 e. The summed E-state index contributed by atoms with van der Waals surface area (Å²) in [5.41, 5.74) is 0.375. The maximum Gasteiger partial charge on any atom is 0.391 e. The standard InChI is InChI=1S/C12H11BrF3N3/c13-10-5-8(6-17)11(18-7-10)19-3-1-9(2-4-19)12(14,15)16/h5,7,9H,1-4H2. The molecule has 1 aliphatic heterocycles. The highest BCUT2D eigenvalue weighted by molar-refractivity contribution is 9.10. The van der Waals surface area contributed by atoms with E-state index < -0.39 is 12.1 Å². The summed E-state index contributed by atoms with van der Waals surface area (Å²) in [4.78, 5) is 5.88. The summed E-state index contributed by atoms with van der Waals surface area (Å²) < 4.78 is 38.4. The number of alkyl halides is 3. The minimum Gasteiger partial charge on any atom is -0.355 e.